The highest BCUT2D eigenvalue weighted by molar-refractivity contribution is 7.99. The van der Waals surface area contributed by atoms with Crippen LogP contribution in [0.1, 0.15) is 12.5 Å². The summed E-state index contributed by atoms with van der Waals surface area (Å²) in [7, 11) is 0. The Morgan fingerprint density at radius 2 is 1.80 bits per heavy atom. The predicted molar refractivity (Wildman–Crippen MR) is 82.2 cm³/mol. The van der Waals surface area contributed by atoms with E-state index < -0.39 is 0 Å². The Bertz CT molecular complexity index is 556. The fraction of sp³-hybridized carbons (Fsp3) is 0.188. The number of nitrogens with one attached hydrogen (secondary N) is 1. The van der Waals surface area contributed by atoms with Gasteiger partial charge in [-0.1, -0.05) is 30.3 Å². The van der Waals surface area contributed by atoms with Gasteiger partial charge in [-0.3, -0.25) is 4.79 Å². The lowest BCUT2D eigenvalue weighted by molar-refractivity contribution is -0.115. The maximum atomic E-state index is 12.8. The molecule has 0 saturated heterocycles. The summed E-state index contributed by atoms with van der Waals surface area (Å²) < 4.78 is 12.8. The Labute approximate surface area is 122 Å². The van der Waals surface area contributed by atoms with E-state index in [1.165, 1.54) is 17.7 Å². The van der Waals surface area contributed by atoms with Crippen LogP contribution in [0, 0.1) is 5.82 Å². The molecule has 1 amide bonds. The van der Waals surface area contributed by atoms with E-state index in [-0.39, 0.29) is 17.0 Å². The monoisotopic (exact) mass is 289 g/mol. The molecule has 1 atom stereocenters. The molecule has 4 heteroatoms. The first-order valence-electron chi connectivity index (χ1n) is 6.37. The first-order valence-corrected chi connectivity index (χ1v) is 7.42. The number of hydrogen-bond acceptors (Lipinski definition) is 2. The standard InChI is InChI=1S/C16H16FNOS/c1-12(20-11-13-5-3-2-4-6-13)16(19)18-15-9-7-14(17)8-10-15/h2-10,12H,11H2,1H3,(H,18,19)/t12-/m1/s1. The number of thioether (sulfide) groups is 1. The second-order valence-electron chi connectivity index (χ2n) is 4.43. The molecular formula is C16H16FNOS. The summed E-state index contributed by atoms with van der Waals surface area (Å²) in [6.07, 6.45) is 0. The molecule has 0 saturated carbocycles. The summed E-state index contributed by atoms with van der Waals surface area (Å²) in [6, 6.07) is 15.8. The topological polar surface area (TPSA) is 29.1 Å². The molecule has 0 unspecified atom stereocenters. The molecule has 1 N–H and O–H groups in total. The van der Waals surface area contributed by atoms with Gasteiger partial charge in [-0.2, -0.15) is 0 Å². The van der Waals surface area contributed by atoms with Crippen LogP contribution in [-0.2, 0) is 10.5 Å². The Kier molecular flexibility index (Phi) is 5.18. The van der Waals surface area contributed by atoms with Gasteiger partial charge in [0.1, 0.15) is 5.82 Å². The molecule has 20 heavy (non-hydrogen) atoms. The van der Waals surface area contributed by atoms with Crippen LogP contribution in [0.2, 0.25) is 0 Å². The smallest absolute Gasteiger partial charge is 0.237 e. The molecule has 2 nitrogen and oxygen atoms in total. The third-order valence-electron chi connectivity index (χ3n) is 2.82. The van der Waals surface area contributed by atoms with Crippen LogP contribution in [0.3, 0.4) is 0 Å². The Morgan fingerprint density at radius 3 is 2.45 bits per heavy atom. The Balaban J connectivity index is 1.84. The van der Waals surface area contributed by atoms with E-state index in [2.05, 4.69) is 5.32 Å². The number of rotatable bonds is 5. The lowest BCUT2D eigenvalue weighted by Gasteiger charge is -2.12. The third kappa shape index (κ3) is 4.38. The second-order valence-corrected chi connectivity index (χ2v) is 5.76. The van der Waals surface area contributed by atoms with E-state index in [0.29, 0.717) is 5.69 Å². The Morgan fingerprint density at radius 1 is 1.15 bits per heavy atom. The molecule has 2 aromatic carbocycles. The SMILES string of the molecule is C[C@@H](SCc1ccccc1)C(=O)Nc1ccc(F)cc1. The summed E-state index contributed by atoms with van der Waals surface area (Å²) in [5.41, 5.74) is 1.81. The second kappa shape index (κ2) is 7.10. The van der Waals surface area contributed by atoms with Crippen molar-refractivity contribution in [2.24, 2.45) is 0 Å². The van der Waals surface area contributed by atoms with Crippen molar-refractivity contribution in [3.05, 3.63) is 66.0 Å². The lowest BCUT2D eigenvalue weighted by Crippen LogP contribution is -2.22. The molecule has 0 radical (unpaired) electrons. The van der Waals surface area contributed by atoms with Gasteiger partial charge in [0, 0.05) is 11.4 Å². The molecule has 104 valence electrons. The minimum atomic E-state index is -0.311. The quantitative estimate of drug-likeness (QED) is 0.898. The van der Waals surface area contributed by atoms with Crippen LogP contribution in [0.4, 0.5) is 10.1 Å². The van der Waals surface area contributed by atoms with Gasteiger partial charge in [0.15, 0.2) is 0 Å². The van der Waals surface area contributed by atoms with Crippen molar-refractivity contribution < 1.29 is 9.18 Å². The van der Waals surface area contributed by atoms with Gasteiger partial charge in [0.05, 0.1) is 5.25 Å². The van der Waals surface area contributed by atoms with Crippen molar-refractivity contribution in [3.8, 4) is 0 Å². The average molecular weight is 289 g/mol. The number of anilines is 1. The van der Waals surface area contributed by atoms with Gasteiger partial charge in [-0.15, -0.1) is 11.8 Å². The number of carbonyl (C=O) groups is 1. The molecule has 0 bridgehead atoms. The fourth-order valence-corrected chi connectivity index (χ4v) is 2.49. The number of halogens is 1. The van der Waals surface area contributed by atoms with Crippen LogP contribution in [0.15, 0.2) is 54.6 Å². The molecule has 0 aliphatic carbocycles. The zero-order valence-corrected chi connectivity index (χ0v) is 12.0. The zero-order chi connectivity index (χ0) is 14.4. The number of hydrogen-bond donors (Lipinski definition) is 1. The highest BCUT2D eigenvalue weighted by Gasteiger charge is 2.13. The van der Waals surface area contributed by atoms with Crippen LogP contribution >= 0.6 is 11.8 Å². The van der Waals surface area contributed by atoms with Crippen LogP contribution in [0.25, 0.3) is 0 Å². The molecule has 2 rings (SSSR count). The van der Waals surface area contributed by atoms with Crippen molar-refractivity contribution in [2.75, 3.05) is 5.32 Å². The maximum absolute atomic E-state index is 12.8. The van der Waals surface area contributed by atoms with Crippen LogP contribution in [0.5, 0.6) is 0 Å². The molecule has 0 aliphatic rings. The summed E-state index contributed by atoms with van der Waals surface area (Å²) in [4.78, 5) is 12.0. The van der Waals surface area contributed by atoms with Crippen molar-refractivity contribution in [3.63, 3.8) is 0 Å². The normalized spacial score (nSPS) is 11.9. The van der Waals surface area contributed by atoms with Gasteiger partial charge < -0.3 is 5.32 Å². The minimum absolute atomic E-state index is 0.0717. The third-order valence-corrected chi connectivity index (χ3v) is 4.04. The number of amides is 1. The largest absolute Gasteiger partial charge is 0.325 e. The number of benzene rings is 2. The summed E-state index contributed by atoms with van der Waals surface area (Å²) in [5.74, 6) is 0.408. The van der Waals surface area contributed by atoms with Gasteiger partial charge >= 0.3 is 0 Å². The van der Waals surface area contributed by atoms with Crippen molar-refractivity contribution in [1.82, 2.24) is 0 Å². The molecule has 0 aliphatic heterocycles. The summed E-state index contributed by atoms with van der Waals surface area (Å²) >= 11 is 1.57. The van der Waals surface area contributed by atoms with Gasteiger partial charge in [-0.25, -0.2) is 4.39 Å². The van der Waals surface area contributed by atoms with E-state index in [9.17, 15) is 9.18 Å². The van der Waals surface area contributed by atoms with Crippen molar-refractivity contribution in [2.45, 2.75) is 17.9 Å². The summed E-state index contributed by atoms with van der Waals surface area (Å²) in [6.45, 7) is 1.87. The van der Waals surface area contributed by atoms with Crippen molar-refractivity contribution in [1.29, 1.82) is 0 Å². The van der Waals surface area contributed by atoms with E-state index in [1.54, 1.807) is 23.9 Å². The Hall–Kier alpha value is -1.81. The van der Waals surface area contributed by atoms with Gasteiger partial charge in [-0.05, 0) is 36.8 Å². The number of carbonyl (C=O) groups excluding carboxylic acids is 1. The summed E-state index contributed by atoms with van der Waals surface area (Å²) in [5, 5.41) is 2.61. The fourth-order valence-electron chi connectivity index (χ4n) is 1.65. The molecule has 0 spiro atoms. The van der Waals surface area contributed by atoms with Crippen LogP contribution in [-0.4, -0.2) is 11.2 Å². The predicted octanol–water partition coefficient (Wildman–Crippen LogP) is 4.09. The van der Waals surface area contributed by atoms with Gasteiger partial charge in [0.2, 0.25) is 5.91 Å². The molecule has 2 aromatic rings. The molecular weight excluding hydrogens is 273 g/mol. The van der Waals surface area contributed by atoms with E-state index in [4.69, 9.17) is 0 Å². The van der Waals surface area contributed by atoms with Crippen LogP contribution < -0.4 is 5.32 Å². The van der Waals surface area contributed by atoms with Gasteiger partial charge in [0.25, 0.3) is 0 Å². The highest BCUT2D eigenvalue weighted by atomic mass is 32.2. The lowest BCUT2D eigenvalue weighted by atomic mass is 10.2. The maximum Gasteiger partial charge on any atom is 0.237 e. The highest BCUT2D eigenvalue weighted by Crippen LogP contribution is 2.19. The van der Waals surface area contributed by atoms with Crippen molar-refractivity contribution >= 4 is 23.4 Å². The minimum Gasteiger partial charge on any atom is -0.325 e. The average Bonchev–Trinajstić information content (AvgIpc) is 2.48. The zero-order valence-electron chi connectivity index (χ0n) is 11.2. The first kappa shape index (κ1) is 14.6. The first-order chi connectivity index (χ1) is 9.65. The molecule has 0 heterocycles. The van der Waals surface area contributed by atoms with E-state index >= 15 is 0 Å². The van der Waals surface area contributed by atoms with E-state index in [1.807, 2.05) is 37.3 Å². The van der Waals surface area contributed by atoms with E-state index in [0.717, 1.165) is 5.75 Å². The molecule has 0 fully saturated rings. The molecule has 0 aromatic heterocycles.